The summed E-state index contributed by atoms with van der Waals surface area (Å²) in [6, 6.07) is -1.02. The molecule has 2 aromatic rings. The molecule has 2 heterocycles. The van der Waals surface area contributed by atoms with Crippen LogP contribution in [0.4, 0.5) is 0 Å². The molecule has 0 bridgehead atoms. The number of H-pyrrole nitrogens is 3. The molecule has 25 heavy (non-hydrogen) atoms. The predicted molar refractivity (Wildman–Crippen MR) is 90.9 cm³/mol. The fraction of sp³-hybridized carbons (Fsp3) is 0.429. The van der Waals surface area contributed by atoms with Crippen LogP contribution in [0.3, 0.4) is 0 Å². The first-order chi connectivity index (χ1) is 11.7. The summed E-state index contributed by atoms with van der Waals surface area (Å²) < 4.78 is 0.0514. The minimum Gasteiger partial charge on any atom is -0.480 e. The lowest BCUT2D eigenvalue weighted by molar-refractivity contribution is -0.143. The molecule has 0 aromatic carbocycles. The summed E-state index contributed by atoms with van der Waals surface area (Å²) in [7, 11) is 0. The number of hydrogen-bond donors (Lipinski definition) is 5. The number of carboxylic acids is 1. The third kappa shape index (κ3) is 4.38. The lowest BCUT2D eigenvalue weighted by atomic mass is 10.0. The van der Waals surface area contributed by atoms with Crippen LogP contribution in [0, 0.1) is 10.7 Å². The summed E-state index contributed by atoms with van der Waals surface area (Å²) in [5.41, 5.74) is -1.07. The SMILES string of the molecule is CC(C)C(NC(=O)CCc1nc2c(=O)[nH]c(=S)[nH]c2[nH]c1=O)C(=O)O. The van der Waals surface area contributed by atoms with E-state index in [0.717, 1.165) is 0 Å². The van der Waals surface area contributed by atoms with E-state index in [1.165, 1.54) is 0 Å². The summed E-state index contributed by atoms with van der Waals surface area (Å²) in [5, 5.41) is 11.5. The molecule has 0 radical (unpaired) electrons. The average Bonchev–Trinajstić information content (AvgIpc) is 2.50. The van der Waals surface area contributed by atoms with Crippen LogP contribution >= 0.6 is 12.2 Å². The molecule has 0 fully saturated rings. The number of aromatic amines is 3. The Bertz CT molecular complexity index is 989. The molecule has 11 heteroatoms. The number of nitrogens with one attached hydrogen (secondary N) is 4. The predicted octanol–water partition coefficient (Wildman–Crippen LogP) is -0.173. The second-order valence-electron chi connectivity index (χ2n) is 5.77. The Labute approximate surface area is 145 Å². The standard InChI is InChI=1S/C14H17N5O5S/c1-5(2)8(13(23)24)16-7(20)4-3-6-11(21)17-10-9(15-6)12(22)19-14(25)18-10/h5,8H,3-4H2,1-2H3,(H,16,20)(H,23,24)(H3,17,18,19,21,22,25). The highest BCUT2D eigenvalue weighted by atomic mass is 32.1. The van der Waals surface area contributed by atoms with Gasteiger partial charge >= 0.3 is 5.97 Å². The molecule has 5 N–H and O–H groups in total. The molecule has 0 aliphatic heterocycles. The highest BCUT2D eigenvalue weighted by Gasteiger charge is 2.23. The van der Waals surface area contributed by atoms with Crippen LogP contribution in [0.15, 0.2) is 9.59 Å². The van der Waals surface area contributed by atoms with E-state index in [9.17, 15) is 19.2 Å². The Morgan fingerprint density at radius 1 is 1.20 bits per heavy atom. The normalized spacial score (nSPS) is 12.3. The van der Waals surface area contributed by atoms with Crippen molar-refractivity contribution < 1.29 is 14.7 Å². The van der Waals surface area contributed by atoms with E-state index in [1.54, 1.807) is 13.8 Å². The van der Waals surface area contributed by atoms with Crippen LogP contribution in [0.5, 0.6) is 0 Å². The van der Waals surface area contributed by atoms with Crippen molar-refractivity contribution >= 4 is 35.3 Å². The molecule has 0 saturated carbocycles. The maximum Gasteiger partial charge on any atom is 0.326 e. The molecule has 0 spiro atoms. The van der Waals surface area contributed by atoms with Gasteiger partial charge in [0, 0.05) is 12.8 Å². The molecule has 0 aliphatic rings. The van der Waals surface area contributed by atoms with Crippen molar-refractivity contribution in [2.45, 2.75) is 32.7 Å². The molecule has 1 amide bonds. The van der Waals surface area contributed by atoms with Gasteiger partial charge in [-0.15, -0.1) is 0 Å². The van der Waals surface area contributed by atoms with Gasteiger partial charge in [-0.05, 0) is 18.1 Å². The largest absolute Gasteiger partial charge is 0.480 e. The van der Waals surface area contributed by atoms with E-state index in [-0.39, 0.29) is 40.4 Å². The van der Waals surface area contributed by atoms with Crippen LogP contribution in [0.1, 0.15) is 26.0 Å². The van der Waals surface area contributed by atoms with Gasteiger partial charge < -0.3 is 20.4 Å². The maximum atomic E-state index is 12.0. The van der Waals surface area contributed by atoms with E-state index in [4.69, 9.17) is 17.3 Å². The number of nitrogens with zero attached hydrogens (tertiary/aromatic N) is 1. The van der Waals surface area contributed by atoms with Crippen molar-refractivity contribution in [2.24, 2.45) is 5.92 Å². The summed E-state index contributed by atoms with van der Waals surface area (Å²) in [6.45, 7) is 3.34. The highest BCUT2D eigenvalue weighted by molar-refractivity contribution is 7.71. The summed E-state index contributed by atoms with van der Waals surface area (Å²) in [4.78, 5) is 58.2. The Kier molecular flexibility index (Phi) is 5.47. The molecule has 1 unspecified atom stereocenters. The third-order valence-electron chi connectivity index (χ3n) is 3.50. The van der Waals surface area contributed by atoms with Gasteiger partial charge in [-0.2, -0.15) is 0 Å². The molecule has 10 nitrogen and oxygen atoms in total. The quantitative estimate of drug-likeness (QED) is 0.443. The zero-order valence-corrected chi connectivity index (χ0v) is 14.3. The minimum atomic E-state index is -1.13. The second kappa shape index (κ2) is 7.38. The fourth-order valence-corrected chi connectivity index (χ4v) is 2.40. The number of carbonyl (C=O) groups excluding carboxylic acids is 1. The molecule has 2 aromatic heterocycles. The molecule has 1 atom stereocenters. The lowest BCUT2D eigenvalue weighted by Gasteiger charge is -2.17. The molecular formula is C14H17N5O5S. The number of carboxylic acid groups (broad SMARTS) is 1. The van der Waals surface area contributed by atoms with Gasteiger partial charge in [0.2, 0.25) is 5.91 Å². The van der Waals surface area contributed by atoms with Crippen LogP contribution in [0.25, 0.3) is 11.2 Å². The molecular weight excluding hydrogens is 350 g/mol. The van der Waals surface area contributed by atoms with Gasteiger partial charge in [0.25, 0.3) is 11.1 Å². The third-order valence-corrected chi connectivity index (χ3v) is 3.71. The van der Waals surface area contributed by atoms with E-state index < -0.39 is 29.0 Å². The van der Waals surface area contributed by atoms with Crippen molar-refractivity contribution in [3.8, 4) is 0 Å². The highest BCUT2D eigenvalue weighted by Crippen LogP contribution is 2.04. The van der Waals surface area contributed by atoms with Gasteiger partial charge in [-0.3, -0.25) is 19.4 Å². The summed E-state index contributed by atoms with van der Waals surface area (Å²) >= 11 is 4.81. The van der Waals surface area contributed by atoms with Crippen molar-refractivity contribution in [1.29, 1.82) is 0 Å². The molecule has 134 valence electrons. The van der Waals surface area contributed by atoms with E-state index in [2.05, 4.69) is 25.3 Å². The number of rotatable bonds is 6. The van der Waals surface area contributed by atoms with Crippen LogP contribution in [0.2, 0.25) is 0 Å². The average molecular weight is 367 g/mol. The van der Waals surface area contributed by atoms with Crippen molar-refractivity contribution in [3.63, 3.8) is 0 Å². The van der Waals surface area contributed by atoms with Crippen molar-refractivity contribution in [1.82, 2.24) is 25.3 Å². The molecule has 0 saturated heterocycles. The summed E-state index contributed by atoms with van der Waals surface area (Å²) in [5.74, 6) is -1.94. The zero-order valence-electron chi connectivity index (χ0n) is 13.5. The van der Waals surface area contributed by atoms with E-state index >= 15 is 0 Å². The van der Waals surface area contributed by atoms with Gasteiger partial charge in [0.1, 0.15) is 17.4 Å². The number of aliphatic carboxylic acids is 1. The monoisotopic (exact) mass is 367 g/mol. The number of aryl methyl sites for hydroxylation is 1. The minimum absolute atomic E-state index is 0.00455. The number of hydrogen-bond acceptors (Lipinski definition) is 6. The Morgan fingerprint density at radius 3 is 2.48 bits per heavy atom. The van der Waals surface area contributed by atoms with Crippen LogP contribution in [-0.4, -0.2) is 43.0 Å². The number of aromatic nitrogens is 4. The van der Waals surface area contributed by atoms with Crippen molar-refractivity contribution in [3.05, 3.63) is 31.2 Å². The second-order valence-corrected chi connectivity index (χ2v) is 6.18. The van der Waals surface area contributed by atoms with E-state index in [1.807, 2.05) is 0 Å². The van der Waals surface area contributed by atoms with Gasteiger partial charge in [-0.25, -0.2) is 9.78 Å². The van der Waals surface area contributed by atoms with Crippen LogP contribution < -0.4 is 16.4 Å². The first-order valence-electron chi connectivity index (χ1n) is 7.46. The molecule has 0 aliphatic carbocycles. The Hall–Kier alpha value is -2.82. The maximum absolute atomic E-state index is 12.0. The van der Waals surface area contributed by atoms with Crippen molar-refractivity contribution in [2.75, 3.05) is 0 Å². The topological polar surface area (TPSA) is 161 Å². The van der Waals surface area contributed by atoms with Gasteiger partial charge in [0.15, 0.2) is 10.3 Å². The lowest BCUT2D eigenvalue weighted by Crippen LogP contribution is -2.44. The molecule has 2 rings (SSSR count). The Balaban J connectivity index is 2.18. The number of fused-ring (bicyclic) bond motifs is 1. The fourth-order valence-electron chi connectivity index (χ4n) is 2.21. The first-order valence-corrected chi connectivity index (χ1v) is 7.87. The summed E-state index contributed by atoms with van der Waals surface area (Å²) in [6.07, 6.45) is -0.185. The smallest absolute Gasteiger partial charge is 0.326 e. The number of carbonyl (C=O) groups is 2. The first kappa shape index (κ1) is 18.5. The zero-order chi connectivity index (χ0) is 18.7. The van der Waals surface area contributed by atoms with E-state index in [0.29, 0.717) is 0 Å². The Morgan fingerprint density at radius 2 is 1.88 bits per heavy atom. The van der Waals surface area contributed by atoms with Gasteiger partial charge in [0.05, 0.1) is 0 Å². The number of amides is 1. The van der Waals surface area contributed by atoms with Gasteiger partial charge in [-0.1, -0.05) is 13.8 Å². The van der Waals surface area contributed by atoms with Crippen LogP contribution in [-0.2, 0) is 16.0 Å².